The van der Waals surface area contributed by atoms with Gasteiger partial charge in [-0.25, -0.2) is 4.39 Å². The Morgan fingerprint density at radius 3 is 3.00 bits per heavy atom. The molecular weight excluding hydrogens is 203 g/mol. The van der Waals surface area contributed by atoms with E-state index in [1.54, 1.807) is 0 Å². The third kappa shape index (κ3) is 1.52. The van der Waals surface area contributed by atoms with Gasteiger partial charge in [-0.15, -0.1) is 0 Å². The average Bonchev–Trinajstić information content (AvgIpc) is 2.74. The van der Waals surface area contributed by atoms with Gasteiger partial charge in [0.05, 0.1) is 0 Å². The van der Waals surface area contributed by atoms with E-state index in [4.69, 9.17) is 0 Å². The van der Waals surface area contributed by atoms with Crippen LogP contribution in [0.4, 0.5) is 4.39 Å². The van der Waals surface area contributed by atoms with Crippen LogP contribution in [0.25, 0.3) is 10.9 Å². The van der Waals surface area contributed by atoms with Gasteiger partial charge in [0.25, 0.3) is 0 Å². The third-order valence-corrected chi connectivity index (χ3v) is 3.43. The molecule has 1 fully saturated rings. The smallest absolute Gasteiger partial charge is 0.119 e. The van der Waals surface area contributed by atoms with Gasteiger partial charge in [-0.1, -0.05) is 18.2 Å². The molecule has 3 rings (SSSR count). The van der Waals surface area contributed by atoms with Crippen LogP contribution in [0.3, 0.4) is 0 Å². The Labute approximate surface area is 93.9 Å². The van der Waals surface area contributed by atoms with Gasteiger partial charge in [-0.2, -0.15) is 0 Å². The van der Waals surface area contributed by atoms with Crippen LogP contribution in [0.5, 0.6) is 0 Å². The molecule has 2 aromatic rings. The molecule has 2 atom stereocenters. The molecule has 1 aliphatic heterocycles. The number of hydrogen-bond acceptors (Lipinski definition) is 1. The van der Waals surface area contributed by atoms with Gasteiger partial charge in [-0.05, 0) is 24.6 Å². The molecule has 0 spiro atoms. The maximum atomic E-state index is 13.9. The molecular formula is C13H15FN2. The zero-order chi connectivity index (χ0) is 11.0. The van der Waals surface area contributed by atoms with Crippen LogP contribution in [-0.4, -0.2) is 24.2 Å². The topological polar surface area (TPSA) is 27.8 Å². The lowest BCUT2D eigenvalue weighted by molar-refractivity contribution is 0.232. The van der Waals surface area contributed by atoms with E-state index in [1.807, 2.05) is 24.4 Å². The van der Waals surface area contributed by atoms with Gasteiger partial charge in [0, 0.05) is 29.6 Å². The number of benzene rings is 1. The number of fused-ring (bicyclic) bond motifs is 1. The monoisotopic (exact) mass is 218 g/mol. The second kappa shape index (κ2) is 3.91. The summed E-state index contributed by atoms with van der Waals surface area (Å²) in [6.07, 6.45) is 2.07. The van der Waals surface area contributed by atoms with Crippen molar-refractivity contribution in [1.82, 2.24) is 10.3 Å². The molecule has 3 heteroatoms. The SMILES string of the molecule is FC1CNCCC1c1c[nH]c2ccccc12. The van der Waals surface area contributed by atoms with Crippen LogP contribution < -0.4 is 5.32 Å². The largest absolute Gasteiger partial charge is 0.361 e. The van der Waals surface area contributed by atoms with Crippen molar-refractivity contribution >= 4 is 10.9 Å². The summed E-state index contributed by atoms with van der Waals surface area (Å²) in [7, 11) is 0. The first-order valence-corrected chi connectivity index (χ1v) is 5.77. The summed E-state index contributed by atoms with van der Waals surface area (Å²) >= 11 is 0. The molecule has 0 bridgehead atoms. The second-order valence-electron chi connectivity index (χ2n) is 4.40. The fourth-order valence-electron chi connectivity index (χ4n) is 2.57. The highest BCUT2D eigenvalue weighted by atomic mass is 19.1. The van der Waals surface area contributed by atoms with Crippen LogP contribution in [0.15, 0.2) is 30.5 Å². The number of aromatic amines is 1. The molecule has 0 amide bonds. The van der Waals surface area contributed by atoms with E-state index in [0.717, 1.165) is 29.4 Å². The number of alkyl halides is 1. The van der Waals surface area contributed by atoms with Crippen LogP contribution in [0, 0.1) is 0 Å². The molecule has 2 nitrogen and oxygen atoms in total. The third-order valence-electron chi connectivity index (χ3n) is 3.43. The number of rotatable bonds is 1. The first-order chi connectivity index (χ1) is 7.86. The number of aromatic nitrogens is 1. The van der Waals surface area contributed by atoms with E-state index in [1.165, 1.54) is 0 Å². The fourth-order valence-corrected chi connectivity index (χ4v) is 2.57. The van der Waals surface area contributed by atoms with Crippen LogP contribution in [-0.2, 0) is 0 Å². The summed E-state index contributed by atoms with van der Waals surface area (Å²) in [4.78, 5) is 3.22. The lowest BCUT2D eigenvalue weighted by atomic mass is 9.88. The minimum atomic E-state index is -0.770. The van der Waals surface area contributed by atoms with Crippen LogP contribution in [0.2, 0.25) is 0 Å². The number of hydrogen-bond donors (Lipinski definition) is 2. The quantitative estimate of drug-likeness (QED) is 0.756. The van der Waals surface area contributed by atoms with Crippen molar-refractivity contribution in [3.8, 4) is 0 Å². The molecule has 1 aliphatic rings. The fraction of sp³-hybridized carbons (Fsp3) is 0.385. The molecule has 1 saturated heterocycles. The minimum Gasteiger partial charge on any atom is -0.361 e. The highest BCUT2D eigenvalue weighted by Crippen LogP contribution is 2.32. The number of piperidine rings is 1. The van der Waals surface area contributed by atoms with E-state index < -0.39 is 6.17 Å². The predicted molar refractivity (Wildman–Crippen MR) is 63.4 cm³/mol. The van der Waals surface area contributed by atoms with E-state index >= 15 is 0 Å². The zero-order valence-electron chi connectivity index (χ0n) is 9.04. The van der Waals surface area contributed by atoms with Crippen molar-refractivity contribution < 1.29 is 4.39 Å². The molecule has 1 aromatic heterocycles. The van der Waals surface area contributed by atoms with Gasteiger partial charge in [0.15, 0.2) is 0 Å². The maximum Gasteiger partial charge on any atom is 0.119 e. The Kier molecular flexibility index (Phi) is 2.40. The number of halogens is 1. The van der Waals surface area contributed by atoms with E-state index in [-0.39, 0.29) is 5.92 Å². The van der Waals surface area contributed by atoms with Crippen LogP contribution >= 0.6 is 0 Å². The van der Waals surface area contributed by atoms with Gasteiger partial charge < -0.3 is 10.3 Å². The highest BCUT2D eigenvalue weighted by Gasteiger charge is 2.27. The predicted octanol–water partition coefficient (Wildman–Crippen LogP) is 2.58. The van der Waals surface area contributed by atoms with E-state index in [2.05, 4.69) is 16.4 Å². The van der Waals surface area contributed by atoms with E-state index in [0.29, 0.717) is 6.54 Å². The van der Waals surface area contributed by atoms with Gasteiger partial charge in [0.2, 0.25) is 0 Å². The van der Waals surface area contributed by atoms with Crippen molar-refractivity contribution in [1.29, 1.82) is 0 Å². The van der Waals surface area contributed by atoms with Gasteiger partial charge in [0.1, 0.15) is 6.17 Å². The Hall–Kier alpha value is -1.35. The highest BCUT2D eigenvalue weighted by molar-refractivity contribution is 5.83. The normalized spacial score (nSPS) is 26.1. The summed E-state index contributed by atoms with van der Waals surface area (Å²) in [5.41, 5.74) is 2.23. The van der Waals surface area contributed by atoms with Crippen molar-refractivity contribution in [3.05, 3.63) is 36.0 Å². The van der Waals surface area contributed by atoms with Crippen molar-refractivity contribution in [2.24, 2.45) is 0 Å². The Morgan fingerprint density at radius 2 is 2.12 bits per heavy atom. The Morgan fingerprint density at radius 1 is 1.25 bits per heavy atom. The zero-order valence-corrected chi connectivity index (χ0v) is 9.04. The summed E-state index contributed by atoms with van der Waals surface area (Å²) in [5.74, 6) is 0.0393. The molecule has 0 radical (unpaired) electrons. The number of para-hydroxylation sites is 1. The average molecular weight is 218 g/mol. The maximum absolute atomic E-state index is 13.9. The van der Waals surface area contributed by atoms with Crippen LogP contribution in [0.1, 0.15) is 17.9 Å². The molecule has 0 aliphatic carbocycles. The molecule has 2 N–H and O–H groups in total. The van der Waals surface area contributed by atoms with Crippen molar-refractivity contribution in [2.45, 2.75) is 18.5 Å². The van der Waals surface area contributed by atoms with Crippen molar-refractivity contribution in [2.75, 3.05) is 13.1 Å². The van der Waals surface area contributed by atoms with Gasteiger partial charge >= 0.3 is 0 Å². The lowest BCUT2D eigenvalue weighted by Gasteiger charge is -2.26. The van der Waals surface area contributed by atoms with E-state index in [9.17, 15) is 4.39 Å². The molecule has 84 valence electrons. The number of nitrogens with one attached hydrogen (secondary N) is 2. The lowest BCUT2D eigenvalue weighted by Crippen LogP contribution is -2.36. The summed E-state index contributed by atoms with van der Waals surface area (Å²) < 4.78 is 13.9. The first kappa shape index (κ1) is 9.85. The summed E-state index contributed by atoms with van der Waals surface area (Å²) in [5, 5.41) is 4.25. The summed E-state index contributed by atoms with van der Waals surface area (Å²) in [6, 6.07) is 8.11. The standard InChI is InChI=1S/C13H15FN2/c14-12-8-15-6-5-9(12)11-7-16-13-4-2-1-3-10(11)13/h1-4,7,9,12,15-16H,5-6,8H2. The minimum absolute atomic E-state index is 0.0393. The summed E-state index contributed by atoms with van der Waals surface area (Å²) in [6.45, 7) is 1.38. The van der Waals surface area contributed by atoms with Gasteiger partial charge in [-0.3, -0.25) is 0 Å². The first-order valence-electron chi connectivity index (χ1n) is 5.77. The second-order valence-corrected chi connectivity index (χ2v) is 4.40. The molecule has 16 heavy (non-hydrogen) atoms. The molecule has 2 unspecified atom stereocenters. The molecule has 1 aromatic carbocycles. The molecule has 0 saturated carbocycles. The number of H-pyrrole nitrogens is 1. The van der Waals surface area contributed by atoms with Crippen molar-refractivity contribution in [3.63, 3.8) is 0 Å². The Balaban J connectivity index is 2.04. The molecule has 2 heterocycles. The Bertz CT molecular complexity index is 491.